The van der Waals surface area contributed by atoms with Crippen molar-refractivity contribution in [1.82, 2.24) is 5.32 Å². The highest BCUT2D eigenvalue weighted by Crippen LogP contribution is 2.28. The van der Waals surface area contributed by atoms with Crippen LogP contribution in [0.3, 0.4) is 0 Å². The summed E-state index contributed by atoms with van der Waals surface area (Å²) in [5.41, 5.74) is 2.65. The van der Waals surface area contributed by atoms with Gasteiger partial charge in [-0.3, -0.25) is 0 Å². The summed E-state index contributed by atoms with van der Waals surface area (Å²) in [4.78, 5) is 0. The number of fused-ring (bicyclic) bond motifs is 1. The third-order valence-electron chi connectivity index (χ3n) is 3.38. The van der Waals surface area contributed by atoms with Gasteiger partial charge in [0.15, 0.2) is 0 Å². The zero-order valence-corrected chi connectivity index (χ0v) is 11.5. The van der Waals surface area contributed by atoms with Crippen molar-refractivity contribution in [2.24, 2.45) is 0 Å². The van der Waals surface area contributed by atoms with E-state index in [1.165, 1.54) is 11.1 Å². The predicted octanol–water partition coefficient (Wildman–Crippen LogP) is 2.70. The first-order valence-corrected chi connectivity index (χ1v) is 6.81. The Hall–Kier alpha value is -1.06. The first-order valence-electron chi connectivity index (χ1n) is 6.81. The molecule has 2 atom stereocenters. The van der Waals surface area contributed by atoms with Crippen LogP contribution in [-0.4, -0.2) is 25.9 Å². The lowest BCUT2D eigenvalue weighted by Gasteiger charge is -2.18. The summed E-state index contributed by atoms with van der Waals surface area (Å²) in [5.74, 6) is 1.05. The highest BCUT2D eigenvalue weighted by Gasteiger charge is 2.14. The van der Waals surface area contributed by atoms with Crippen molar-refractivity contribution in [3.05, 3.63) is 29.3 Å². The minimum Gasteiger partial charge on any atom is -0.493 e. The van der Waals surface area contributed by atoms with E-state index in [4.69, 9.17) is 9.47 Å². The van der Waals surface area contributed by atoms with Crippen LogP contribution in [0.1, 0.15) is 37.9 Å². The molecule has 0 saturated carbocycles. The van der Waals surface area contributed by atoms with Gasteiger partial charge in [0.05, 0.1) is 12.7 Å². The van der Waals surface area contributed by atoms with Gasteiger partial charge in [0.1, 0.15) is 5.75 Å². The second-order valence-electron chi connectivity index (χ2n) is 4.86. The summed E-state index contributed by atoms with van der Waals surface area (Å²) < 4.78 is 11.0. The molecule has 3 nitrogen and oxygen atoms in total. The first-order chi connectivity index (χ1) is 8.70. The normalized spacial score (nSPS) is 17.1. The Morgan fingerprint density at radius 3 is 3.00 bits per heavy atom. The van der Waals surface area contributed by atoms with E-state index in [0.717, 1.165) is 31.9 Å². The third-order valence-corrected chi connectivity index (χ3v) is 3.38. The molecule has 0 amide bonds. The molecule has 0 spiro atoms. The molecule has 1 aliphatic heterocycles. The van der Waals surface area contributed by atoms with Gasteiger partial charge in [-0.25, -0.2) is 0 Å². The molecule has 1 N–H and O–H groups in total. The summed E-state index contributed by atoms with van der Waals surface area (Å²) >= 11 is 0. The van der Waals surface area contributed by atoms with Gasteiger partial charge >= 0.3 is 0 Å². The third kappa shape index (κ3) is 3.24. The van der Waals surface area contributed by atoms with Gasteiger partial charge in [-0.15, -0.1) is 0 Å². The number of ether oxygens (including phenoxy) is 2. The summed E-state index contributed by atoms with van der Waals surface area (Å²) in [5, 5.41) is 3.51. The summed E-state index contributed by atoms with van der Waals surface area (Å²) in [6.45, 7) is 8.79. The lowest BCUT2D eigenvalue weighted by atomic mass is 10.0. The molecule has 3 heteroatoms. The summed E-state index contributed by atoms with van der Waals surface area (Å²) in [7, 11) is 0. The molecule has 0 aromatic heterocycles. The fourth-order valence-corrected chi connectivity index (χ4v) is 2.28. The fraction of sp³-hybridized carbons (Fsp3) is 0.600. The van der Waals surface area contributed by atoms with Crippen molar-refractivity contribution < 1.29 is 9.47 Å². The van der Waals surface area contributed by atoms with Gasteiger partial charge in [0.2, 0.25) is 0 Å². The molecule has 1 aromatic rings. The van der Waals surface area contributed by atoms with E-state index in [2.05, 4.69) is 37.4 Å². The molecule has 1 aromatic carbocycles. The van der Waals surface area contributed by atoms with Crippen LogP contribution >= 0.6 is 0 Å². The molecule has 0 radical (unpaired) electrons. The van der Waals surface area contributed by atoms with Crippen LogP contribution in [0.15, 0.2) is 18.2 Å². The van der Waals surface area contributed by atoms with Gasteiger partial charge in [-0.2, -0.15) is 0 Å². The number of hydrogen-bond acceptors (Lipinski definition) is 3. The maximum absolute atomic E-state index is 5.52. The summed E-state index contributed by atoms with van der Waals surface area (Å²) in [6, 6.07) is 6.83. The number of hydrogen-bond donors (Lipinski definition) is 1. The highest BCUT2D eigenvalue weighted by molar-refractivity contribution is 5.40. The van der Waals surface area contributed by atoms with Crippen molar-refractivity contribution in [3.8, 4) is 5.75 Å². The van der Waals surface area contributed by atoms with Crippen molar-refractivity contribution >= 4 is 0 Å². The Morgan fingerprint density at radius 1 is 1.39 bits per heavy atom. The fourth-order valence-electron chi connectivity index (χ4n) is 2.28. The first kappa shape index (κ1) is 13.4. The second kappa shape index (κ2) is 6.21. The monoisotopic (exact) mass is 249 g/mol. The molecule has 1 heterocycles. The quantitative estimate of drug-likeness (QED) is 0.841. The van der Waals surface area contributed by atoms with E-state index in [1.807, 2.05) is 6.92 Å². The van der Waals surface area contributed by atoms with E-state index in [9.17, 15) is 0 Å². The van der Waals surface area contributed by atoms with Crippen LogP contribution in [0, 0.1) is 0 Å². The molecule has 0 bridgehead atoms. The standard InChI is InChI=1S/C15H23NO2/c1-4-17-11(2)10-16-12(3)13-5-6-15-14(9-13)7-8-18-15/h5-6,9,11-12,16H,4,7-8,10H2,1-3H3. The zero-order valence-electron chi connectivity index (χ0n) is 11.5. The Kier molecular flexibility index (Phi) is 4.61. The molecule has 2 unspecified atom stereocenters. The zero-order chi connectivity index (χ0) is 13.0. The topological polar surface area (TPSA) is 30.5 Å². The van der Waals surface area contributed by atoms with E-state index in [1.54, 1.807) is 0 Å². The van der Waals surface area contributed by atoms with Crippen molar-refractivity contribution in [2.75, 3.05) is 19.8 Å². The van der Waals surface area contributed by atoms with E-state index >= 15 is 0 Å². The summed E-state index contributed by atoms with van der Waals surface area (Å²) in [6.07, 6.45) is 1.29. The number of rotatable bonds is 6. The smallest absolute Gasteiger partial charge is 0.122 e. The molecular weight excluding hydrogens is 226 g/mol. The molecular formula is C15H23NO2. The maximum atomic E-state index is 5.52. The molecule has 100 valence electrons. The van der Waals surface area contributed by atoms with Crippen LogP contribution in [-0.2, 0) is 11.2 Å². The number of benzene rings is 1. The van der Waals surface area contributed by atoms with Crippen LogP contribution < -0.4 is 10.1 Å². The SMILES string of the molecule is CCOC(C)CNC(C)c1ccc2c(c1)CCO2. The van der Waals surface area contributed by atoms with Crippen molar-refractivity contribution in [2.45, 2.75) is 39.3 Å². The van der Waals surface area contributed by atoms with Gasteiger partial charge in [-0.1, -0.05) is 12.1 Å². The van der Waals surface area contributed by atoms with Gasteiger partial charge < -0.3 is 14.8 Å². The lowest BCUT2D eigenvalue weighted by Crippen LogP contribution is -2.29. The molecule has 2 rings (SSSR count). The van der Waals surface area contributed by atoms with Gasteiger partial charge in [-0.05, 0) is 38.0 Å². The Labute approximate surface area is 109 Å². The minimum absolute atomic E-state index is 0.259. The Morgan fingerprint density at radius 2 is 2.22 bits per heavy atom. The molecule has 0 aliphatic carbocycles. The predicted molar refractivity (Wildman–Crippen MR) is 73.1 cm³/mol. The average molecular weight is 249 g/mol. The molecule has 0 saturated heterocycles. The van der Waals surface area contributed by atoms with E-state index < -0.39 is 0 Å². The Balaban J connectivity index is 1.90. The van der Waals surface area contributed by atoms with Crippen LogP contribution in [0.2, 0.25) is 0 Å². The van der Waals surface area contributed by atoms with E-state index in [0.29, 0.717) is 6.04 Å². The van der Waals surface area contributed by atoms with Crippen LogP contribution in [0.25, 0.3) is 0 Å². The minimum atomic E-state index is 0.259. The molecule has 1 aliphatic rings. The largest absolute Gasteiger partial charge is 0.493 e. The Bertz CT molecular complexity index is 392. The van der Waals surface area contributed by atoms with E-state index in [-0.39, 0.29) is 6.10 Å². The van der Waals surface area contributed by atoms with Gasteiger partial charge in [0, 0.05) is 25.6 Å². The average Bonchev–Trinajstić information content (AvgIpc) is 2.83. The van der Waals surface area contributed by atoms with Crippen molar-refractivity contribution in [3.63, 3.8) is 0 Å². The molecule has 18 heavy (non-hydrogen) atoms. The number of nitrogens with one attached hydrogen (secondary N) is 1. The van der Waals surface area contributed by atoms with Crippen LogP contribution in [0.5, 0.6) is 5.75 Å². The maximum Gasteiger partial charge on any atom is 0.122 e. The van der Waals surface area contributed by atoms with Crippen LogP contribution in [0.4, 0.5) is 0 Å². The lowest BCUT2D eigenvalue weighted by molar-refractivity contribution is 0.0743. The molecule has 0 fully saturated rings. The van der Waals surface area contributed by atoms with Gasteiger partial charge in [0.25, 0.3) is 0 Å². The highest BCUT2D eigenvalue weighted by atomic mass is 16.5. The van der Waals surface area contributed by atoms with Crippen molar-refractivity contribution in [1.29, 1.82) is 0 Å². The second-order valence-corrected chi connectivity index (χ2v) is 4.86.